The molecule has 0 aromatic heterocycles. The highest BCUT2D eigenvalue weighted by Crippen LogP contribution is 2.36. The van der Waals surface area contributed by atoms with Crippen LogP contribution in [0.3, 0.4) is 0 Å². The number of carbonyl (C=O) groups is 2. The highest BCUT2D eigenvalue weighted by Gasteiger charge is 2.42. The number of rotatable bonds is 4. The van der Waals surface area contributed by atoms with Crippen molar-refractivity contribution in [3.05, 3.63) is 28.8 Å². The summed E-state index contributed by atoms with van der Waals surface area (Å²) in [6.07, 6.45) is 3.71. The monoisotopic (exact) mass is 378 g/mol. The van der Waals surface area contributed by atoms with E-state index in [2.05, 4.69) is 5.32 Å². The zero-order valence-electron chi connectivity index (χ0n) is 14.6. The lowest BCUT2D eigenvalue weighted by Gasteiger charge is -2.38. The summed E-state index contributed by atoms with van der Waals surface area (Å²) in [6.45, 7) is 2.26. The number of nitrogens with zero attached hydrogens (tertiary/aromatic N) is 1. The Hall–Kier alpha value is -1.79. The van der Waals surface area contributed by atoms with Gasteiger partial charge in [0.15, 0.2) is 0 Å². The van der Waals surface area contributed by atoms with Gasteiger partial charge in [-0.15, -0.1) is 0 Å². The van der Waals surface area contributed by atoms with E-state index in [0.29, 0.717) is 61.4 Å². The van der Waals surface area contributed by atoms with Gasteiger partial charge in [0.1, 0.15) is 11.4 Å². The fraction of sp³-hybridized carbons (Fsp3) is 0.579. The molecule has 2 fully saturated rings. The normalized spacial score (nSPS) is 21.7. The van der Waals surface area contributed by atoms with Gasteiger partial charge in [0.2, 0.25) is 5.91 Å². The van der Waals surface area contributed by atoms with E-state index in [9.17, 15) is 9.59 Å². The Morgan fingerprint density at radius 3 is 2.81 bits per heavy atom. The van der Waals surface area contributed by atoms with Crippen molar-refractivity contribution in [2.24, 2.45) is 5.92 Å². The first-order valence-electron chi connectivity index (χ1n) is 9.17. The lowest BCUT2D eigenvalue weighted by molar-refractivity contribution is -0.122. The average Bonchev–Trinajstić information content (AvgIpc) is 3.46. The lowest BCUT2D eigenvalue weighted by atomic mass is 9.93. The number of amides is 2. The molecule has 4 rings (SSSR count). The average molecular weight is 379 g/mol. The third kappa shape index (κ3) is 3.81. The maximum Gasteiger partial charge on any atom is 0.258 e. The van der Waals surface area contributed by atoms with Gasteiger partial charge in [-0.05, 0) is 37.0 Å². The summed E-state index contributed by atoms with van der Waals surface area (Å²) in [5, 5.41) is 3.41. The molecule has 1 saturated heterocycles. The molecule has 3 aliphatic rings. The summed E-state index contributed by atoms with van der Waals surface area (Å²) < 4.78 is 11.8. The minimum absolute atomic E-state index is 0.0312. The number of hydrogen-bond donors (Lipinski definition) is 1. The van der Waals surface area contributed by atoms with Crippen molar-refractivity contribution in [2.45, 2.75) is 31.3 Å². The molecule has 1 aliphatic carbocycles. The largest absolute Gasteiger partial charge is 0.484 e. The van der Waals surface area contributed by atoms with Gasteiger partial charge in [-0.25, -0.2) is 0 Å². The number of hydrogen-bond acceptors (Lipinski definition) is 4. The van der Waals surface area contributed by atoms with E-state index in [-0.39, 0.29) is 18.4 Å². The van der Waals surface area contributed by atoms with E-state index in [0.717, 1.165) is 0 Å². The van der Waals surface area contributed by atoms with Gasteiger partial charge in [0.25, 0.3) is 5.91 Å². The van der Waals surface area contributed by atoms with Crippen LogP contribution < -0.4 is 10.1 Å². The maximum atomic E-state index is 13.1. The molecule has 6 nitrogen and oxygen atoms in total. The van der Waals surface area contributed by atoms with Crippen LogP contribution in [-0.4, -0.2) is 55.2 Å². The van der Waals surface area contributed by atoms with Crippen molar-refractivity contribution in [3.8, 4) is 5.75 Å². The number of nitrogens with one attached hydrogen (secondary N) is 1. The second-order valence-corrected chi connectivity index (χ2v) is 7.88. The van der Waals surface area contributed by atoms with E-state index in [4.69, 9.17) is 21.1 Å². The summed E-state index contributed by atoms with van der Waals surface area (Å²) in [4.78, 5) is 27.0. The number of halogens is 1. The fourth-order valence-electron chi connectivity index (χ4n) is 3.55. The van der Waals surface area contributed by atoms with Crippen molar-refractivity contribution in [1.29, 1.82) is 0 Å². The van der Waals surface area contributed by atoms with Crippen LogP contribution in [-0.2, 0) is 9.53 Å². The zero-order valence-corrected chi connectivity index (χ0v) is 15.4. The van der Waals surface area contributed by atoms with Crippen molar-refractivity contribution in [2.75, 3.05) is 32.8 Å². The molecule has 1 aromatic rings. The molecule has 7 heteroatoms. The SMILES string of the molecule is O=C(CN1CC2(CCOCC2)Oc2ccc(Cl)cc2C1=O)NCC1CC1. The van der Waals surface area contributed by atoms with Gasteiger partial charge in [0.05, 0.1) is 31.9 Å². The van der Waals surface area contributed by atoms with E-state index in [1.807, 2.05) is 0 Å². The molecule has 26 heavy (non-hydrogen) atoms. The molecule has 1 saturated carbocycles. The quantitative estimate of drug-likeness (QED) is 0.872. The Labute approximate surface area is 157 Å². The Kier molecular flexibility index (Phi) is 4.80. The van der Waals surface area contributed by atoms with Gasteiger partial charge in [-0.3, -0.25) is 9.59 Å². The minimum atomic E-state index is -0.524. The smallest absolute Gasteiger partial charge is 0.258 e. The molecule has 0 radical (unpaired) electrons. The molecule has 1 spiro atoms. The summed E-state index contributed by atoms with van der Waals surface area (Å²) in [5.74, 6) is 0.788. The van der Waals surface area contributed by atoms with Crippen LogP contribution in [0.2, 0.25) is 5.02 Å². The second-order valence-electron chi connectivity index (χ2n) is 7.45. The molecule has 2 amide bonds. The van der Waals surface area contributed by atoms with Crippen LogP contribution >= 0.6 is 11.6 Å². The maximum absolute atomic E-state index is 13.1. The van der Waals surface area contributed by atoms with Crippen molar-refractivity contribution < 1.29 is 19.1 Å². The summed E-state index contributed by atoms with van der Waals surface area (Å²) >= 11 is 6.09. The Bertz CT molecular complexity index is 713. The van der Waals surface area contributed by atoms with Crippen molar-refractivity contribution in [3.63, 3.8) is 0 Å². The number of fused-ring (bicyclic) bond motifs is 1. The second kappa shape index (κ2) is 7.08. The van der Waals surface area contributed by atoms with Crippen molar-refractivity contribution >= 4 is 23.4 Å². The minimum Gasteiger partial charge on any atom is -0.484 e. The Morgan fingerprint density at radius 2 is 2.08 bits per heavy atom. The third-order valence-corrected chi connectivity index (χ3v) is 5.52. The first-order valence-corrected chi connectivity index (χ1v) is 9.55. The number of carbonyl (C=O) groups excluding carboxylic acids is 2. The van der Waals surface area contributed by atoms with Gasteiger partial charge in [-0.1, -0.05) is 11.6 Å². The molecule has 0 bridgehead atoms. The van der Waals surface area contributed by atoms with E-state index < -0.39 is 5.60 Å². The topological polar surface area (TPSA) is 67.9 Å². The van der Waals surface area contributed by atoms with E-state index in [1.165, 1.54) is 12.8 Å². The predicted molar refractivity (Wildman–Crippen MR) is 96.5 cm³/mol. The first kappa shape index (κ1) is 17.6. The molecule has 1 N–H and O–H groups in total. The van der Waals surface area contributed by atoms with Gasteiger partial charge >= 0.3 is 0 Å². The summed E-state index contributed by atoms with van der Waals surface area (Å²) in [7, 11) is 0. The molecule has 1 aromatic carbocycles. The lowest BCUT2D eigenvalue weighted by Crippen LogP contribution is -2.52. The van der Waals surface area contributed by atoms with E-state index >= 15 is 0 Å². The molecule has 2 heterocycles. The summed E-state index contributed by atoms with van der Waals surface area (Å²) in [5.41, 5.74) is -0.111. The van der Waals surface area contributed by atoms with Gasteiger partial charge in [-0.2, -0.15) is 0 Å². The highest BCUT2D eigenvalue weighted by atomic mass is 35.5. The molecule has 0 atom stereocenters. The highest BCUT2D eigenvalue weighted by molar-refractivity contribution is 6.31. The predicted octanol–water partition coefficient (Wildman–Crippen LogP) is 2.25. The van der Waals surface area contributed by atoms with Crippen LogP contribution in [0.25, 0.3) is 0 Å². The molecule has 140 valence electrons. The van der Waals surface area contributed by atoms with Crippen LogP contribution in [0.5, 0.6) is 5.75 Å². The molecular weight excluding hydrogens is 356 g/mol. The van der Waals surface area contributed by atoms with Crippen LogP contribution in [0.15, 0.2) is 18.2 Å². The fourth-order valence-corrected chi connectivity index (χ4v) is 3.73. The van der Waals surface area contributed by atoms with Crippen molar-refractivity contribution in [1.82, 2.24) is 10.2 Å². The van der Waals surface area contributed by atoms with Crippen LogP contribution in [0.4, 0.5) is 0 Å². The van der Waals surface area contributed by atoms with Crippen LogP contribution in [0.1, 0.15) is 36.0 Å². The van der Waals surface area contributed by atoms with Gasteiger partial charge < -0.3 is 19.7 Å². The molecule has 0 unspecified atom stereocenters. The Balaban J connectivity index is 1.58. The summed E-state index contributed by atoms with van der Waals surface area (Å²) in [6, 6.07) is 5.08. The molecule has 2 aliphatic heterocycles. The zero-order chi connectivity index (χ0) is 18.1. The third-order valence-electron chi connectivity index (χ3n) is 5.29. The Morgan fingerprint density at radius 1 is 1.31 bits per heavy atom. The van der Waals surface area contributed by atoms with Crippen LogP contribution in [0, 0.1) is 5.92 Å². The standard InChI is InChI=1S/C19H23ClN2O4/c20-14-3-4-16-15(9-14)18(24)22(11-17(23)21-10-13-1-2-13)12-19(26-16)5-7-25-8-6-19/h3-4,9,13H,1-2,5-8,10-12H2,(H,21,23). The first-order chi connectivity index (χ1) is 12.5. The number of benzene rings is 1. The number of ether oxygens (including phenoxy) is 2. The van der Waals surface area contributed by atoms with Gasteiger partial charge in [0, 0.05) is 24.4 Å². The van der Waals surface area contributed by atoms with E-state index in [1.54, 1.807) is 23.1 Å². The molecular formula is C19H23ClN2O4.